The van der Waals surface area contributed by atoms with Gasteiger partial charge in [-0.1, -0.05) is 54.6 Å². The second kappa shape index (κ2) is 10.2. The molecule has 0 heterocycles. The fourth-order valence-electron chi connectivity index (χ4n) is 2.24. The third-order valence-corrected chi connectivity index (χ3v) is 3.33. The molecule has 4 nitrogen and oxygen atoms in total. The molecule has 24 heavy (non-hydrogen) atoms. The van der Waals surface area contributed by atoms with Crippen LogP contribution in [0.15, 0.2) is 48.5 Å². The van der Waals surface area contributed by atoms with Gasteiger partial charge in [0.15, 0.2) is 0 Å². The van der Waals surface area contributed by atoms with E-state index in [9.17, 15) is 4.79 Å². The number of carbonyl (C=O) groups is 1. The Kier molecular flexibility index (Phi) is 8.60. The van der Waals surface area contributed by atoms with E-state index < -0.39 is 6.09 Å². The molecule has 0 radical (unpaired) electrons. The van der Waals surface area contributed by atoms with Gasteiger partial charge < -0.3 is 9.64 Å². The van der Waals surface area contributed by atoms with Gasteiger partial charge in [-0.15, -0.1) is 0 Å². The van der Waals surface area contributed by atoms with Crippen molar-refractivity contribution < 1.29 is 9.53 Å². The van der Waals surface area contributed by atoms with Crippen LogP contribution >= 0.6 is 22.6 Å². The van der Waals surface area contributed by atoms with Crippen LogP contribution in [0, 0.1) is 0 Å². The molecular weight excluding hydrogens is 415 g/mol. The minimum absolute atomic E-state index is 0.345. The molecule has 1 amide bonds. The number of nitrogens with zero attached hydrogens (tertiary/aromatic N) is 1. The van der Waals surface area contributed by atoms with Gasteiger partial charge in [-0.3, -0.25) is 5.32 Å². The summed E-state index contributed by atoms with van der Waals surface area (Å²) in [6, 6.07) is 14.9. The Morgan fingerprint density at radius 2 is 1.71 bits per heavy atom. The molecule has 0 aromatic heterocycles. The highest BCUT2D eigenvalue weighted by Gasteiger charge is 2.12. The highest BCUT2D eigenvalue weighted by atomic mass is 127. The predicted octanol–water partition coefficient (Wildman–Crippen LogP) is 5.54. The predicted molar refractivity (Wildman–Crippen MR) is 111 cm³/mol. The number of nitrogens with one attached hydrogen (secondary N) is 1. The Morgan fingerprint density at radius 1 is 1.08 bits per heavy atom. The average Bonchev–Trinajstić information content (AvgIpc) is 2.57. The first-order valence-corrected chi connectivity index (χ1v) is 9.86. The zero-order valence-corrected chi connectivity index (χ0v) is 17.0. The molecule has 2 rings (SSSR count). The number of anilines is 2. The van der Waals surface area contributed by atoms with E-state index >= 15 is 0 Å². The van der Waals surface area contributed by atoms with Crippen LogP contribution in [0.25, 0.3) is 0 Å². The van der Waals surface area contributed by atoms with E-state index in [2.05, 4.69) is 46.7 Å². The van der Waals surface area contributed by atoms with Crippen LogP contribution in [0.3, 0.4) is 0 Å². The molecule has 0 saturated carbocycles. The van der Waals surface area contributed by atoms with Gasteiger partial charge in [-0.25, -0.2) is 4.79 Å². The second-order valence-electron chi connectivity index (χ2n) is 5.65. The van der Waals surface area contributed by atoms with E-state index in [1.165, 1.54) is 0 Å². The van der Waals surface area contributed by atoms with Crippen molar-refractivity contribution in [3.05, 3.63) is 54.1 Å². The lowest BCUT2D eigenvalue weighted by Crippen LogP contribution is -2.17. The van der Waals surface area contributed by atoms with Crippen molar-refractivity contribution in [1.29, 1.82) is 0 Å². The number of amides is 1. The molecule has 1 N–H and O–H groups in total. The summed E-state index contributed by atoms with van der Waals surface area (Å²) in [5.41, 5.74) is 2.99. The molecule has 0 fully saturated rings. The van der Waals surface area contributed by atoms with E-state index in [1.807, 2.05) is 67.6 Å². The lowest BCUT2D eigenvalue weighted by molar-refractivity contribution is 0.215. The van der Waals surface area contributed by atoms with E-state index in [4.69, 9.17) is 4.74 Å². The van der Waals surface area contributed by atoms with Crippen molar-refractivity contribution in [2.75, 3.05) is 29.2 Å². The first-order valence-electron chi connectivity index (χ1n) is 7.70. The molecule has 0 atom stereocenters. The van der Waals surface area contributed by atoms with Crippen LogP contribution in [0.2, 0.25) is 0 Å². The van der Waals surface area contributed by atoms with E-state index in [-0.39, 0.29) is 0 Å². The van der Waals surface area contributed by atoms with Gasteiger partial charge in [0.05, 0.1) is 0 Å². The number of hydrogen-bond donors (Lipinski definition) is 1. The van der Waals surface area contributed by atoms with Crippen LogP contribution < -0.4 is 15.0 Å². The molecule has 0 bridgehead atoms. The van der Waals surface area contributed by atoms with Gasteiger partial charge in [0.2, 0.25) is 0 Å². The largest absolute Gasteiger partial charge is 0.417 e. The third kappa shape index (κ3) is 6.03. The average molecular weight is 440 g/mol. The quantitative estimate of drug-likeness (QED) is 0.502. The van der Waals surface area contributed by atoms with Crippen LogP contribution in [-0.4, -0.2) is 25.1 Å². The molecule has 2 aromatic rings. The number of halogens is 1. The lowest BCUT2D eigenvalue weighted by Gasteiger charge is -2.20. The fourth-order valence-corrected chi connectivity index (χ4v) is 2.24. The molecule has 0 spiro atoms. The van der Waals surface area contributed by atoms with Crippen molar-refractivity contribution in [3.8, 4) is 5.75 Å². The maximum atomic E-state index is 11.9. The van der Waals surface area contributed by atoms with Crippen LogP contribution in [-0.2, 0) is 0 Å². The Balaban J connectivity index is 0.00000139. The highest BCUT2D eigenvalue weighted by molar-refractivity contribution is 14.1. The molecule has 130 valence electrons. The normalized spacial score (nSPS) is 9.79. The number of carbonyl (C=O) groups excluding carboxylic acids is 1. The number of hydrogen-bond acceptors (Lipinski definition) is 3. The minimum atomic E-state index is -0.487. The molecule has 0 aliphatic heterocycles. The van der Waals surface area contributed by atoms with Gasteiger partial charge in [0.1, 0.15) is 5.75 Å². The van der Waals surface area contributed by atoms with Crippen LogP contribution in [0.5, 0.6) is 5.75 Å². The molecule has 0 unspecified atom stereocenters. The summed E-state index contributed by atoms with van der Waals surface area (Å²) in [4.78, 5) is 16.0. The summed E-state index contributed by atoms with van der Waals surface area (Å²) in [5, 5.41) is 2.70. The SMILES string of the molecule is CC(C)c1cc(OC(=O)Nc2ccccc2)ccc1N(C)C.CI. The molecule has 0 saturated heterocycles. The lowest BCUT2D eigenvalue weighted by atomic mass is 10.0. The van der Waals surface area contributed by atoms with Gasteiger partial charge in [0, 0.05) is 25.5 Å². The zero-order valence-electron chi connectivity index (χ0n) is 14.8. The summed E-state index contributed by atoms with van der Waals surface area (Å²) in [6.07, 6.45) is -0.487. The fraction of sp³-hybridized carbons (Fsp3) is 0.316. The summed E-state index contributed by atoms with van der Waals surface area (Å²) in [7, 11) is 4.01. The number of benzene rings is 2. The third-order valence-electron chi connectivity index (χ3n) is 3.33. The maximum Gasteiger partial charge on any atom is 0.417 e. The maximum absolute atomic E-state index is 11.9. The summed E-state index contributed by atoms with van der Waals surface area (Å²) in [5.74, 6) is 0.890. The summed E-state index contributed by atoms with van der Waals surface area (Å²) in [6.45, 7) is 4.24. The van der Waals surface area contributed by atoms with E-state index in [1.54, 1.807) is 0 Å². The Morgan fingerprint density at radius 3 is 2.25 bits per heavy atom. The molecule has 0 aliphatic rings. The Labute approximate surface area is 158 Å². The Hall–Kier alpha value is -1.76. The minimum Gasteiger partial charge on any atom is -0.410 e. The van der Waals surface area contributed by atoms with Gasteiger partial charge in [0.25, 0.3) is 0 Å². The number of para-hydroxylation sites is 1. The highest BCUT2D eigenvalue weighted by Crippen LogP contribution is 2.30. The first kappa shape index (κ1) is 20.3. The van der Waals surface area contributed by atoms with E-state index in [0.717, 1.165) is 11.3 Å². The van der Waals surface area contributed by atoms with Gasteiger partial charge >= 0.3 is 6.09 Å². The topological polar surface area (TPSA) is 41.6 Å². The Bertz CT molecular complexity index is 643. The first-order chi connectivity index (χ1) is 11.5. The van der Waals surface area contributed by atoms with Crippen molar-refractivity contribution in [2.24, 2.45) is 0 Å². The van der Waals surface area contributed by atoms with Gasteiger partial charge in [-0.2, -0.15) is 0 Å². The smallest absolute Gasteiger partial charge is 0.410 e. The van der Waals surface area contributed by atoms with Gasteiger partial charge in [-0.05, 0) is 46.7 Å². The van der Waals surface area contributed by atoms with Crippen LogP contribution in [0.4, 0.5) is 16.2 Å². The molecule has 5 heteroatoms. The molecular formula is C19H25IN2O2. The van der Waals surface area contributed by atoms with Crippen molar-refractivity contribution in [1.82, 2.24) is 0 Å². The zero-order chi connectivity index (χ0) is 18.1. The number of ether oxygens (including phenoxy) is 1. The van der Waals surface area contributed by atoms with Crippen molar-refractivity contribution >= 4 is 40.1 Å². The van der Waals surface area contributed by atoms with E-state index in [0.29, 0.717) is 17.4 Å². The second-order valence-corrected chi connectivity index (χ2v) is 5.65. The molecule has 2 aromatic carbocycles. The summed E-state index contributed by atoms with van der Waals surface area (Å²) < 4.78 is 5.38. The van der Waals surface area contributed by atoms with Crippen molar-refractivity contribution in [2.45, 2.75) is 19.8 Å². The number of alkyl halides is 1. The van der Waals surface area contributed by atoms with Crippen LogP contribution in [0.1, 0.15) is 25.3 Å². The standard InChI is InChI=1S/C18H22N2O2.CH3I/c1-13(2)16-12-15(10-11-17(16)20(3)4)22-18(21)19-14-8-6-5-7-9-14;1-2/h5-13H,1-4H3,(H,19,21);1H3. The monoisotopic (exact) mass is 440 g/mol. The summed E-state index contributed by atoms with van der Waals surface area (Å²) >= 11 is 2.15. The number of rotatable bonds is 4. The van der Waals surface area contributed by atoms with Crippen molar-refractivity contribution in [3.63, 3.8) is 0 Å². The molecule has 0 aliphatic carbocycles.